The van der Waals surface area contributed by atoms with Crippen LogP contribution in [-0.4, -0.2) is 21.8 Å². The summed E-state index contributed by atoms with van der Waals surface area (Å²) in [7, 11) is 0. The highest BCUT2D eigenvalue weighted by molar-refractivity contribution is 5.94. The standard InChI is InChI=1S/C31H25F3N4O2/c1-17-25(26-15-21(32)7-8-27(26)37-17)16-29(39)38-28(12-18-10-22(33)14-23(34)11-18)30-24(6-3-9-36-30)19-4-2-5-20(13-19)31(35)40/h2-11,13-15,28,37H,12,16H2,1H3,(H2,35,40)(H,38,39)/t28-/m0/s1. The number of aromatic nitrogens is 2. The molecule has 0 aliphatic rings. The lowest BCUT2D eigenvalue weighted by molar-refractivity contribution is -0.121. The molecule has 4 N–H and O–H groups in total. The monoisotopic (exact) mass is 542 g/mol. The Labute approximate surface area is 228 Å². The number of aryl methyl sites for hydroxylation is 1. The van der Waals surface area contributed by atoms with E-state index in [1.165, 1.54) is 24.3 Å². The van der Waals surface area contributed by atoms with Gasteiger partial charge in [0.2, 0.25) is 11.8 Å². The molecule has 2 aromatic heterocycles. The van der Waals surface area contributed by atoms with Crippen LogP contribution in [0.15, 0.2) is 79.0 Å². The molecule has 0 spiro atoms. The number of carbonyl (C=O) groups is 2. The summed E-state index contributed by atoms with van der Waals surface area (Å²) in [6.07, 6.45) is 1.51. The van der Waals surface area contributed by atoms with E-state index in [1.807, 2.05) is 0 Å². The predicted molar refractivity (Wildman–Crippen MR) is 146 cm³/mol. The number of rotatable bonds is 8. The molecule has 0 fully saturated rings. The van der Waals surface area contributed by atoms with Crippen molar-refractivity contribution in [2.24, 2.45) is 5.73 Å². The lowest BCUT2D eigenvalue weighted by Crippen LogP contribution is -2.32. The normalized spacial score (nSPS) is 11.9. The fourth-order valence-electron chi connectivity index (χ4n) is 4.95. The SMILES string of the molecule is Cc1[nH]c2ccc(F)cc2c1CC(=O)N[C@@H](Cc1cc(F)cc(F)c1)c1ncccc1-c1cccc(C(N)=O)c1. The number of aromatic amines is 1. The molecule has 0 aliphatic carbocycles. The molecule has 9 heteroatoms. The minimum absolute atomic E-state index is 0.0292. The number of pyridine rings is 1. The molecule has 0 radical (unpaired) electrons. The van der Waals surface area contributed by atoms with Crippen LogP contribution in [0.5, 0.6) is 0 Å². The first-order valence-electron chi connectivity index (χ1n) is 12.5. The Kier molecular flexibility index (Phi) is 7.37. The maximum atomic E-state index is 14.1. The van der Waals surface area contributed by atoms with Gasteiger partial charge in [0.05, 0.1) is 18.2 Å². The number of fused-ring (bicyclic) bond motifs is 1. The zero-order valence-corrected chi connectivity index (χ0v) is 21.5. The van der Waals surface area contributed by atoms with Crippen LogP contribution in [0.3, 0.4) is 0 Å². The van der Waals surface area contributed by atoms with Crippen molar-refractivity contribution >= 4 is 22.7 Å². The first kappa shape index (κ1) is 26.7. The van der Waals surface area contributed by atoms with E-state index >= 15 is 0 Å². The number of halogens is 3. The van der Waals surface area contributed by atoms with Gasteiger partial charge in [-0.1, -0.05) is 18.2 Å². The molecule has 40 heavy (non-hydrogen) atoms. The summed E-state index contributed by atoms with van der Waals surface area (Å²) in [5, 5.41) is 3.56. The number of amides is 2. The van der Waals surface area contributed by atoms with Gasteiger partial charge in [-0.3, -0.25) is 14.6 Å². The molecule has 5 aromatic rings. The third kappa shape index (κ3) is 5.73. The van der Waals surface area contributed by atoms with Crippen LogP contribution in [-0.2, 0) is 17.6 Å². The summed E-state index contributed by atoms with van der Waals surface area (Å²) in [4.78, 5) is 32.9. The number of primary amides is 1. The zero-order chi connectivity index (χ0) is 28.4. The van der Waals surface area contributed by atoms with Crippen molar-refractivity contribution in [1.29, 1.82) is 0 Å². The third-order valence-corrected chi connectivity index (χ3v) is 6.74. The Balaban J connectivity index is 1.53. The third-order valence-electron chi connectivity index (χ3n) is 6.74. The Hall–Kier alpha value is -4.92. The Morgan fingerprint density at radius 2 is 1.73 bits per heavy atom. The number of hydrogen-bond acceptors (Lipinski definition) is 3. The minimum Gasteiger partial charge on any atom is -0.366 e. The van der Waals surface area contributed by atoms with Crippen LogP contribution in [0.2, 0.25) is 0 Å². The van der Waals surface area contributed by atoms with E-state index in [1.54, 1.807) is 55.6 Å². The van der Waals surface area contributed by atoms with E-state index in [-0.39, 0.29) is 12.8 Å². The summed E-state index contributed by atoms with van der Waals surface area (Å²) in [6, 6.07) is 16.8. The van der Waals surface area contributed by atoms with Crippen molar-refractivity contribution in [3.63, 3.8) is 0 Å². The molecular weight excluding hydrogens is 517 g/mol. The molecule has 0 unspecified atom stereocenters. The largest absolute Gasteiger partial charge is 0.366 e. The fraction of sp³-hybridized carbons (Fsp3) is 0.129. The molecule has 0 bridgehead atoms. The average Bonchev–Trinajstić information content (AvgIpc) is 3.21. The second-order valence-electron chi connectivity index (χ2n) is 9.58. The first-order valence-corrected chi connectivity index (χ1v) is 12.5. The second-order valence-corrected chi connectivity index (χ2v) is 9.58. The Morgan fingerprint density at radius 1 is 0.950 bits per heavy atom. The number of nitrogens with zero attached hydrogens (tertiary/aromatic N) is 1. The van der Waals surface area contributed by atoms with Crippen molar-refractivity contribution in [3.8, 4) is 11.1 Å². The number of carbonyl (C=O) groups excluding carboxylic acids is 2. The minimum atomic E-state index is -0.801. The molecule has 6 nitrogen and oxygen atoms in total. The summed E-state index contributed by atoms with van der Waals surface area (Å²) < 4.78 is 42.1. The van der Waals surface area contributed by atoms with E-state index in [0.29, 0.717) is 44.4 Å². The molecule has 1 atom stereocenters. The summed E-state index contributed by atoms with van der Waals surface area (Å²) in [5.74, 6) is -2.90. The van der Waals surface area contributed by atoms with Crippen LogP contribution in [0.25, 0.3) is 22.0 Å². The van der Waals surface area contributed by atoms with E-state index in [2.05, 4.69) is 15.3 Å². The van der Waals surface area contributed by atoms with E-state index < -0.39 is 35.3 Å². The van der Waals surface area contributed by atoms with E-state index in [4.69, 9.17) is 5.73 Å². The van der Waals surface area contributed by atoms with E-state index in [0.717, 1.165) is 11.8 Å². The maximum absolute atomic E-state index is 14.1. The van der Waals surface area contributed by atoms with Crippen LogP contribution < -0.4 is 11.1 Å². The molecule has 0 aliphatic heterocycles. The smallest absolute Gasteiger partial charge is 0.248 e. The number of nitrogens with one attached hydrogen (secondary N) is 2. The highest BCUT2D eigenvalue weighted by Crippen LogP contribution is 2.30. The van der Waals surface area contributed by atoms with Gasteiger partial charge in [0.25, 0.3) is 0 Å². The molecule has 202 valence electrons. The predicted octanol–water partition coefficient (Wildman–Crippen LogP) is 5.70. The molecule has 3 aromatic carbocycles. The van der Waals surface area contributed by atoms with Gasteiger partial charge in [-0.05, 0) is 78.6 Å². The number of hydrogen-bond donors (Lipinski definition) is 3. The van der Waals surface area contributed by atoms with Crippen LogP contribution in [0.4, 0.5) is 13.2 Å². The number of benzene rings is 3. The van der Waals surface area contributed by atoms with Crippen LogP contribution in [0.1, 0.15) is 38.9 Å². The molecular formula is C31H25F3N4O2. The highest BCUT2D eigenvalue weighted by atomic mass is 19.1. The fourth-order valence-corrected chi connectivity index (χ4v) is 4.95. The van der Waals surface area contributed by atoms with Gasteiger partial charge >= 0.3 is 0 Å². The van der Waals surface area contributed by atoms with E-state index in [9.17, 15) is 22.8 Å². The van der Waals surface area contributed by atoms with Gasteiger partial charge in [-0.2, -0.15) is 0 Å². The van der Waals surface area contributed by atoms with Crippen molar-refractivity contribution in [2.45, 2.75) is 25.8 Å². The molecule has 0 saturated heterocycles. The van der Waals surface area contributed by atoms with Crippen molar-refractivity contribution in [3.05, 3.63) is 125 Å². The molecule has 0 saturated carbocycles. The van der Waals surface area contributed by atoms with Gasteiger partial charge < -0.3 is 16.0 Å². The lowest BCUT2D eigenvalue weighted by atomic mass is 9.94. The summed E-state index contributed by atoms with van der Waals surface area (Å²) in [5.41, 5.74) is 9.82. The summed E-state index contributed by atoms with van der Waals surface area (Å²) in [6.45, 7) is 1.80. The van der Waals surface area contributed by atoms with Crippen molar-refractivity contribution < 1.29 is 22.8 Å². The van der Waals surface area contributed by atoms with Crippen molar-refractivity contribution in [1.82, 2.24) is 15.3 Å². The first-order chi connectivity index (χ1) is 19.2. The zero-order valence-electron chi connectivity index (χ0n) is 21.5. The maximum Gasteiger partial charge on any atom is 0.248 e. The van der Waals surface area contributed by atoms with Gasteiger partial charge in [0.1, 0.15) is 17.5 Å². The molecule has 2 heterocycles. The average molecular weight is 543 g/mol. The molecule has 5 rings (SSSR count). The van der Waals surface area contributed by atoms with Gasteiger partial charge in [0.15, 0.2) is 0 Å². The lowest BCUT2D eigenvalue weighted by Gasteiger charge is -2.22. The highest BCUT2D eigenvalue weighted by Gasteiger charge is 2.23. The quantitative estimate of drug-likeness (QED) is 0.235. The second kappa shape index (κ2) is 11.1. The topological polar surface area (TPSA) is 101 Å². The van der Waals surface area contributed by atoms with Gasteiger partial charge in [0, 0.05) is 40.0 Å². The Bertz CT molecular complexity index is 1730. The molecule has 2 amide bonds. The number of nitrogens with two attached hydrogens (primary N) is 1. The van der Waals surface area contributed by atoms with Crippen molar-refractivity contribution in [2.75, 3.05) is 0 Å². The van der Waals surface area contributed by atoms with Gasteiger partial charge in [-0.15, -0.1) is 0 Å². The number of H-pyrrole nitrogens is 1. The van der Waals surface area contributed by atoms with Crippen LogP contribution in [0, 0.1) is 24.4 Å². The van der Waals surface area contributed by atoms with Gasteiger partial charge in [-0.25, -0.2) is 13.2 Å². The summed E-state index contributed by atoms with van der Waals surface area (Å²) >= 11 is 0. The van der Waals surface area contributed by atoms with Crippen LogP contribution >= 0.6 is 0 Å². The Morgan fingerprint density at radius 3 is 2.48 bits per heavy atom.